The van der Waals surface area contributed by atoms with Gasteiger partial charge in [-0.15, -0.1) is 0 Å². The van der Waals surface area contributed by atoms with Crippen molar-refractivity contribution in [3.05, 3.63) is 59.2 Å². The van der Waals surface area contributed by atoms with E-state index in [1.165, 1.54) is 30.0 Å². The predicted molar refractivity (Wildman–Crippen MR) is 297 cm³/mol. The zero-order valence-electron chi connectivity index (χ0n) is 45.8. The van der Waals surface area contributed by atoms with Crippen LogP contribution in [0.3, 0.4) is 0 Å². The van der Waals surface area contributed by atoms with E-state index >= 15 is 9.59 Å². The van der Waals surface area contributed by atoms with Crippen molar-refractivity contribution in [1.82, 2.24) is 31.5 Å². The summed E-state index contributed by atoms with van der Waals surface area (Å²) in [5.41, 5.74) is 29.3. The van der Waals surface area contributed by atoms with Crippen molar-refractivity contribution < 1.29 is 52.7 Å². The number of hydrogen-bond donors (Lipinski definition) is 12. The van der Waals surface area contributed by atoms with Crippen molar-refractivity contribution >= 4 is 83.1 Å². The topological polar surface area (TPSA) is 401 Å². The third kappa shape index (κ3) is 18.9. The molecule has 0 bridgehead atoms. The number of benzene rings is 2. The molecule has 16 N–H and O–H groups in total. The van der Waals surface area contributed by atoms with Crippen molar-refractivity contribution in [1.29, 1.82) is 5.41 Å². The van der Waals surface area contributed by atoms with E-state index in [1.807, 2.05) is 20.8 Å². The molecular weight excluding hydrogens is 1030 g/mol. The van der Waals surface area contributed by atoms with Gasteiger partial charge < -0.3 is 64.5 Å². The molecular formula is C53H81N13O11S. The lowest BCUT2D eigenvalue weighted by molar-refractivity contribution is -0.140. The minimum Gasteiger partial charge on any atom is -0.494 e. The van der Waals surface area contributed by atoms with Crippen LogP contribution in [0.1, 0.15) is 133 Å². The number of nitrogens with one attached hydrogen (secondary N) is 6. The normalized spacial score (nSPS) is 15.6. The summed E-state index contributed by atoms with van der Waals surface area (Å²) in [5, 5.41) is 20.0. The molecule has 25 heteroatoms. The first kappa shape index (κ1) is 65.3. The highest BCUT2D eigenvalue weighted by molar-refractivity contribution is 7.81. The number of thiol groups is 1. The molecule has 1 unspecified atom stereocenters. The number of guanidine groups is 1. The molecule has 24 nitrogen and oxygen atoms in total. The second-order valence-corrected chi connectivity index (χ2v) is 20.8. The van der Waals surface area contributed by atoms with E-state index in [2.05, 4.69) is 26.6 Å². The number of amides is 8. The first-order valence-corrected chi connectivity index (χ1v) is 26.8. The van der Waals surface area contributed by atoms with Gasteiger partial charge in [-0.25, -0.2) is 0 Å². The molecule has 0 aliphatic carbocycles. The first-order chi connectivity index (χ1) is 36.7. The summed E-state index contributed by atoms with van der Waals surface area (Å²) in [6.45, 7) is 11.4. The number of ketones is 2. The molecule has 3 rings (SSSR count). The summed E-state index contributed by atoms with van der Waals surface area (Å²) in [7, 11) is 0. The van der Waals surface area contributed by atoms with E-state index in [4.69, 9.17) is 51.4 Å². The third-order valence-electron chi connectivity index (χ3n) is 13.4. The Morgan fingerprint density at radius 1 is 0.846 bits per heavy atom. The lowest BCUT2D eigenvalue weighted by atomic mass is 9.87. The maximum absolute atomic E-state index is 15.6. The van der Waals surface area contributed by atoms with Gasteiger partial charge in [0.25, 0.3) is 0 Å². The average Bonchev–Trinajstić information content (AvgIpc) is 3.91. The summed E-state index contributed by atoms with van der Waals surface area (Å²) in [6, 6.07) is 1.87. The van der Waals surface area contributed by atoms with E-state index in [-0.39, 0.29) is 74.4 Å². The van der Waals surface area contributed by atoms with E-state index in [9.17, 15) is 38.4 Å². The van der Waals surface area contributed by atoms with Crippen LogP contribution in [0.15, 0.2) is 42.5 Å². The van der Waals surface area contributed by atoms with Crippen LogP contribution in [0.2, 0.25) is 0 Å². The molecule has 8 amide bonds. The summed E-state index contributed by atoms with van der Waals surface area (Å²) >= 11 is 4.82. The SMILES string of the molecule is CCOc1ccc(C[C@H](N)C(=O)c2c(C(=O)CC(S)(CC)CC)cccc2N(CC(=O)NC(=O)[C@H](CC(N)=O)NC(=O)[C@@H](NC(=O)[C@H](C)N)C(C)C)C(=O)[C@H](CCCNC(=N)N)NC(=O)[C@@H]2CCCN2C(=O)C(N)CC)cc1. The van der Waals surface area contributed by atoms with Gasteiger partial charge in [0.1, 0.15) is 36.5 Å². The summed E-state index contributed by atoms with van der Waals surface area (Å²) < 4.78 is 4.73. The lowest BCUT2D eigenvalue weighted by Gasteiger charge is -2.32. The molecule has 0 saturated carbocycles. The van der Waals surface area contributed by atoms with Crippen LogP contribution >= 0.6 is 12.6 Å². The largest absolute Gasteiger partial charge is 0.494 e. The Morgan fingerprint density at radius 2 is 1.50 bits per heavy atom. The number of carbonyl (C=O) groups excluding carboxylic acids is 10. The lowest BCUT2D eigenvalue weighted by Crippen LogP contribution is -2.59. The van der Waals surface area contributed by atoms with Gasteiger partial charge in [0, 0.05) is 29.8 Å². The van der Waals surface area contributed by atoms with Crippen molar-refractivity contribution in [2.24, 2.45) is 34.6 Å². The van der Waals surface area contributed by atoms with E-state index in [0.29, 0.717) is 37.2 Å². The van der Waals surface area contributed by atoms with Crippen LogP contribution in [-0.2, 0) is 44.8 Å². The molecule has 0 spiro atoms. The molecule has 0 radical (unpaired) electrons. The van der Waals surface area contributed by atoms with E-state index in [1.54, 1.807) is 45.0 Å². The minimum absolute atomic E-state index is 0.0252. The molecule has 7 atom stereocenters. The van der Waals surface area contributed by atoms with Crippen LogP contribution < -0.4 is 64.9 Å². The molecule has 2 aromatic rings. The number of nitrogens with zero attached hydrogens (tertiary/aromatic N) is 2. The Labute approximate surface area is 461 Å². The second kappa shape index (κ2) is 30.8. The number of hydrogen-bond acceptors (Lipinski definition) is 16. The molecule has 1 saturated heterocycles. The Morgan fingerprint density at radius 3 is 2.06 bits per heavy atom. The average molecular weight is 1110 g/mol. The van der Waals surface area contributed by atoms with Gasteiger partial charge in [0.15, 0.2) is 17.5 Å². The van der Waals surface area contributed by atoms with Crippen LogP contribution in [0, 0.1) is 11.3 Å². The van der Waals surface area contributed by atoms with Gasteiger partial charge in [-0.1, -0.05) is 58.9 Å². The smallest absolute Gasteiger partial charge is 0.250 e. The summed E-state index contributed by atoms with van der Waals surface area (Å²) in [4.78, 5) is 142. The Bertz CT molecular complexity index is 2490. The standard InChI is InChI=1S/C53H81N13O11S/c1-8-34(55)50(75)65-24-14-18-39(65)48(73)61-36(16-13-23-60-52(58)59)51(76)66(28-42(69)63-47(72)37(26-41(57)68)62-49(74)44(29(5)6)64-46(71)30(7)54)38-17-12-15-33(40(67)27-53(78,9-2)10-3)43(38)45(70)35(56)25-31-19-21-32(22-20-31)77-11-4/h12,15,17,19-22,29-30,34-37,39,44,78H,8-11,13-14,16,18,23-28,54-56H2,1-7H3,(H2,57,68)(H,61,73)(H,62,74)(H,64,71)(H4,58,59,60)(H,63,69,72)/t30-,34?,35-,36-,37-,39-,44-/m0/s1. The fourth-order valence-electron chi connectivity index (χ4n) is 8.69. The number of rotatable bonds is 31. The number of Topliss-reactive ketones (excluding diaryl/α,β-unsaturated/α-hetero) is 2. The maximum Gasteiger partial charge on any atom is 0.250 e. The molecule has 1 fully saturated rings. The van der Waals surface area contributed by atoms with Gasteiger partial charge in [-0.05, 0) is 94.9 Å². The highest BCUT2D eigenvalue weighted by Crippen LogP contribution is 2.34. The highest BCUT2D eigenvalue weighted by atomic mass is 32.1. The van der Waals surface area contributed by atoms with Gasteiger partial charge in [0.05, 0.1) is 42.4 Å². The van der Waals surface area contributed by atoms with Crippen LogP contribution in [0.5, 0.6) is 5.75 Å². The molecule has 78 heavy (non-hydrogen) atoms. The Hall–Kier alpha value is -6.96. The van der Waals surface area contributed by atoms with Crippen LogP contribution in [0.25, 0.3) is 0 Å². The summed E-state index contributed by atoms with van der Waals surface area (Å²) in [5.74, 6) is -9.23. The molecule has 430 valence electrons. The van der Waals surface area contributed by atoms with Crippen LogP contribution in [0.4, 0.5) is 5.69 Å². The first-order valence-electron chi connectivity index (χ1n) is 26.4. The molecule has 1 aliphatic heterocycles. The Kier molecular flexibility index (Phi) is 25.8. The van der Waals surface area contributed by atoms with Crippen molar-refractivity contribution in [2.75, 3.05) is 31.1 Å². The number of nitrogens with two attached hydrogens (primary N) is 5. The maximum atomic E-state index is 15.6. The molecule has 1 aliphatic rings. The number of ether oxygens (including phenoxy) is 1. The zero-order valence-corrected chi connectivity index (χ0v) is 46.7. The summed E-state index contributed by atoms with van der Waals surface area (Å²) in [6.07, 6.45) is 0.612. The Balaban J connectivity index is 2.32. The highest BCUT2D eigenvalue weighted by Gasteiger charge is 2.40. The number of primary amides is 1. The van der Waals surface area contributed by atoms with E-state index in [0.717, 1.165) is 4.90 Å². The van der Waals surface area contributed by atoms with Crippen molar-refractivity contribution in [2.45, 2.75) is 160 Å². The van der Waals surface area contributed by atoms with Gasteiger partial charge >= 0.3 is 0 Å². The quantitative estimate of drug-likeness (QED) is 0.0158. The van der Waals surface area contributed by atoms with Crippen molar-refractivity contribution in [3.63, 3.8) is 0 Å². The third-order valence-corrected chi connectivity index (χ3v) is 14.2. The molecule has 0 aromatic heterocycles. The number of imide groups is 1. The minimum atomic E-state index is -1.81. The number of anilines is 1. The van der Waals surface area contributed by atoms with Gasteiger partial charge in [0.2, 0.25) is 47.3 Å². The zero-order chi connectivity index (χ0) is 58.6. The predicted octanol–water partition coefficient (Wildman–Crippen LogP) is 0.200. The van der Waals surface area contributed by atoms with Crippen LogP contribution in [-0.4, -0.2) is 143 Å². The van der Waals surface area contributed by atoms with Crippen molar-refractivity contribution in [3.8, 4) is 5.75 Å². The number of carbonyl (C=O) groups is 10. The number of likely N-dealkylation sites (tertiary alicyclic amines) is 1. The molecule has 1 heterocycles. The monoisotopic (exact) mass is 1110 g/mol. The fraction of sp³-hybridized carbons (Fsp3) is 0.566. The van der Waals surface area contributed by atoms with Gasteiger partial charge in [-0.3, -0.25) is 58.7 Å². The second-order valence-electron chi connectivity index (χ2n) is 19.8. The molecule has 2 aromatic carbocycles. The van der Waals surface area contributed by atoms with Gasteiger partial charge in [-0.2, -0.15) is 12.6 Å². The fourth-order valence-corrected chi connectivity index (χ4v) is 8.83. The van der Waals surface area contributed by atoms with E-state index < -0.39 is 125 Å².